The molecule has 3 aliphatic rings. The molecular formula is C21H30O4. The zero-order valence-electron chi connectivity index (χ0n) is 15.8. The third-order valence-corrected chi connectivity index (χ3v) is 7.15. The SMILES string of the molecule is COC(=O)[C@@]12CCC(C(C)C)=C1[C@@H]1CC=C(C=O)C[C@H](O)[C@@]1(C)CC2. The molecule has 0 saturated heterocycles. The Morgan fingerprint density at radius 1 is 1.36 bits per heavy atom. The van der Waals surface area contributed by atoms with E-state index in [0.717, 1.165) is 32.0 Å². The molecule has 4 atom stereocenters. The molecule has 0 bridgehead atoms. The van der Waals surface area contributed by atoms with Crippen molar-refractivity contribution in [3.05, 3.63) is 22.8 Å². The van der Waals surface area contributed by atoms with Gasteiger partial charge in [0, 0.05) is 11.8 Å². The maximum Gasteiger partial charge on any atom is 0.315 e. The summed E-state index contributed by atoms with van der Waals surface area (Å²) >= 11 is 0. The predicted octanol–water partition coefficient (Wildman–Crippen LogP) is 3.59. The maximum absolute atomic E-state index is 12.8. The minimum atomic E-state index is -0.561. The van der Waals surface area contributed by atoms with Gasteiger partial charge in [0.15, 0.2) is 0 Å². The van der Waals surface area contributed by atoms with Crippen LogP contribution < -0.4 is 0 Å². The molecule has 0 aromatic heterocycles. The van der Waals surface area contributed by atoms with Gasteiger partial charge in [0.2, 0.25) is 0 Å². The van der Waals surface area contributed by atoms with E-state index in [2.05, 4.69) is 20.8 Å². The number of aliphatic hydroxyl groups is 1. The molecule has 4 nitrogen and oxygen atoms in total. The molecule has 0 aromatic rings. The van der Waals surface area contributed by atoms with Crippen molar-refractivity contribution in [2.45, 2.75) is 65.4 Å². The topological polar surface area (TPSA) is 63.6 Å². The van der Waals surface area contributed by atoms with Gasteiger partial charge in [-0.25, -0.2) is 0 Å². The van der Waals surface area contributed by atoms with Gasteiger partial charge in [-0.2, -0.15) is 0 Å². The number of esters is 1. The van der Waals surface area contributed by atoms with E-state index in [1.807, 2.05) is 6.08 Å². The molecule has 0 amide bonds. The number of hydrogen-bond donors (Lipinski definition) is 1. The van der Waals surface area contributed by atoms with E-state index in [-0.39, 0.29) is 17.3 Å². The van der Waals surface area contributed by atoms with E-state index in [0.29, 0.717) is 24.3 Å². The summed E-state index contributed by atoms with van der Waals surface area (Å²) in [4.78, 5) is 24.1. The van der Waals surface area contributed by atoms with Gasteiger partial charge in [-0.15, -0.1) is 0 Å². The van der Waals surface area contributed by atoms with Crippen molar-refractivity contribution in [2.75, 3.05) is 7.11 Å². The Labute approximate surface area is 150 Å². The van der Waals surface area contributed by atoms with Crippen molar-refractivity contribution in [1.29, 1.82) is 0 Å². The number of carbonyl (C=O) groups is 2. The highest BCUT2D eigenvalue weighted by Crippen LogP contribution is 2.63. The zero-order chi connectivity index (χ0) is 18.4. The second-order valence-corrected chi connectivity index (χ2v) is 8.58. The van der Waals surface area contributed by atoms with Crippen LogP contribution in [0, 0.1) is 22.7 Å². The van der Waals surface area contributed by atoms with Crippen molar-refractivity contribution in [3.63, 3.8) is 0 Å². The number of hydrogen-bond acceptors (Lipinski definition) is 4. The largest absolute Gasteiger partial charge is 0.468 e. The zero-order valence-corrected chi connectivity index (χ0v) is 15.8. The molecule has 25 heavy (non-hydrogen) atoms. The van der Waals surface area contributed by atoms with E-state index < -0.39 is 11.5 Å². The van der Waals surface area contributed by atoms with Crippen molar-refractivity contribution in [1.82, 2.24) is 0 Å². The van der Waals surface area contributed by atoms with Gasteiger partial charge in [-0.05, 0) is 55.1 Å². The summed E-state index contributed by atoms with van der Waals surface area (Å²) in [6.45, 7) is 6.50. The molecule has 0 unspecified atom stereocenters. The second-order valence-electron chi connectivity index (χ2n) is 8.58. The number of carbonyl (C=O) groups excluding carboxylic acids is 2. The summed E-state index contributed by atoms with van der Waals surface area (Å²) in [6, 6.07) is 0. The number of rotatable bonds is 3. The van der Waals surface area contributed by atoms with Gasteiger partial charge >= 0.3 is 5.97 Å². The molecule has 0 spiro atoms. The summed E-state index contributed by atoms with van der Waals surface area (Å²) in [5, 5.41) is 10.9. The quantitative estimate of drug-likeness (QED) is 0.482. The Hall–Kier alpha value is -1.42. The Balaban J connectivity index is 2.16. The summed E-state index contributed by atoms with van der Waals surface area (Å²) in [5.41, 5.74) is 2.41. The van der Waals surface area contributed by atoms with Crippen LogP contribution in [-0.2, 0) is 14.3 Å². The fourth-order valence-corrected chi connectivity index (χ4v) is 5.53. The summed E-state index contributed by atoms with van der Waals surface area (Å²) in [7, 11) is 1.47. The minimum Gasteiger partial charge on any atom is -0.468 e. The standard InChI is InChI=1S/C21H30O4/c1-13(2)15-7-8-21(19(24)25-4)10-9-20(3)16(18(15)21)6-5-14(12-22)11-17(20)23/h5,12-13,16-17,23H,6-11H2,1-4H3/t16-,17-,20-,21+/m0/s1. The Kier molecular flexibility index (Phi) is 4.69. The van der Waals surface area contributed by atoms with Gasteiger partial charge in [0.05, 0.1) is 18.6 Å². The van der Waals surface area contributed by atoms with E-state index in [1.165, 1.54) is 18.3 Å². The first-order chi connectivity index (χ1) is 11.8. The molecule has 138 valence electrons. The van der Waals surface area contributed by atoms with Crippen LogP contribution in [0.1, 0.15) is 59.3 Å². The monoisotopic (exact) mass is 346 g/mol. The molecule has 0 heterocycles. The first-order valence-electron chi connectivity index (χ1n) is 9.44. The lowest BCUT2D eigenvalue weighted by Crippen LogP contribution is -2.50. The molecule has 3 aliphatic carbocycles. The third kappa shape index (κ3) is 2.61. The molecule has 0 aromatic carbocycles. The molecule has 3 rings (SSSR count). The van der Waals surface area contributed by atoms with Crippen LogP contribution in [0.2, 0.25) is 0 Å². The minimum absolute atomic E-state index is 0.0905. The Morgan fingerprint density at radius 2 is 2.08 bits per heavy atom. The third-order valence-electron chi connectivity index (χ3n) is 7.15. The summed E-state index contributed by atoms with van der Waals surface area (Å²) < 4.78 is 5.23. The maximum atomic E-state index is 12.8. The second kappa shape index (κ2) is 6.39. The van der Waals surface area contributed by atoms with Gasteiger partial charge in [0.1, 0.15) is 6.29 Å². The van der Waals surface area contributed by atoms with Gasteiger partial charge in [-0.1, -0.05) is 32.4 Å². The number of allylic oxidation sites excluding steroid dienone is 2. The highest BCUT2D eigenvalue weighted by Gasteiger charge is 2.59. The first kappa shape index (κ1) is 18.4. The molecular weight excluding hydrogens is 316 g/mol. The number of ether oxygens (including phenoxy) is 1. The molecule has 4 heteroatoms. The van der Waals surface area contributed by atoms with Crippen molar-refractivity contribution >= 4 is 12.3 Å². The van der Waals surface area contributed by atoms with E-state index in [4.69, 9.17) is 4.74 Å². The van der Waals surface area contributed by atoms with Crippen molar-refractivity contribution in [3.8, 4) is 0 Å². The Bertz CT molecular complexity index is 644. The van der Waals surface area contributed by atoms with Crippen LogP contribution in [0.5, 0.6) is 0 Å². The highest BCUT2D eigenvalue weighted by molar-refractivity contribution is 5.82. The molecule has 0 aliphatic heterocycles. The van der Waals surface area contributed by atoms with Crippen molar-refractivity contribution < 1.29 is 19.4 Å². The van der Waals surface area contributed by atoms with Gasteiger partial charge in [-0.3, -0.25) is 9.59 Å². The lowest BCUT2D eigenvalue weighted by atomic mass is 9.53. The predicted molar refractivity (Wildman–Crippen MR) is 95.8 cm³/mol. The van der Waals surface area contributed by atoms with Crippen molar-refractivity contribution in [2.24, 2.45) is 22.7 Å². The lowest BCUT2D eigenvalue weighted by molar-refractivity contribution is -0.154. The average molecular weight is 346 g/mol. The number of aliphatic hydroxyl groups excluding tert-OH is 1. The fourth-order valence-electron chi connectivity index (χ4n) is 5.53. The van der Waals surface area contributed by atoms with E-state index in [9.17, 15) is 14.7 Å². The molecule has 1 N–H and O–H groups in total. The fraction of sp³-hybridized carbons (Fsp3) is 0.714. The summed E-state index contributed by atoms with van der Waals surface area (Å²) in [6.07, 6.45) is 6.65. The lowest BCUT2D eigenvalue weighted by Gasteiger charge is -2.51. The van der Waals surface area contributed by atoms with Crippen LogP contribution in [0.15, 0.2) is 22.8 Å². The Morgan fingerprint density at radius 3 is 2.68 bits per heavy atom. The van der Waals surface area contributed by atoms with E-state index in [1.54, 1.807) is 0 Å². The average Bonchev–Trinajstić information content (AvgIpc) is 2.94. The van der Waals surface area contributed by atoms with Crippen LogP contribution in [-0.4, -0.2) is 30.6 Å². The highest BCUT2D eigenvalue weighted by atomic mass is 16.5. The van der Waals surface area contributed by atoms with Gasteiger partial charge in [0.25, 0.3) is 0 Å². The van der Waals surface area contributed by atoms with Crippen LogP contribution in [0.25, 0.3) is 0 Å². The number of aldehydes is 1. The molecule has 1 saturated carbocycles. The normalized spacial score (nSPS) is 37.9. The van der Waals surface area contributed by atoms with Gasteiger partial charge < -0.3 is 9.84 Å². The van der Waals surface area contributed by atoms with Crippen LogP contribution in [0.3, 0.4) is 0 Å². The first-order valence-corrected chi connectivity index (χ1v) is 9.44. The smallest absolute Gasteiger partial charge is 0.315 e. The summed E-state index contributed by atoms with van der Waals surface area (Å²) in [5.74, 6) is 0.338. The molecule has 1 fully saturated rings. The van der Waals surface area contributed by atoms with Crippen LogP contribution in [0.4, 0.5) is 0 Å². The number of methoxy groups -OCH3 is 1. The van der Waals surface area contributed by atoms with Crippen LogP contribution >= 0.6 is 0 Å². The number of fused-ring (bicyclic) bond motifs is 3. The van der Waals surface area contributed by atoms with E-state index >= 15 is 0 Å². The molecule has 0 radical (unpaired) electrons.